The molecule has 3 heterocycles. The Balaban J connectivity index is 1.74. The number of nitrogens with zero attached hydrogens (tertiary/aromatic N) is 1. The average Bonchev–Trinajstić information content (AvgIpc) is 2.95. The van der Waals surface area contributed by atoms with Crippen molar-refractivity contribution < 1.29 is 9.21 Å². The molecule has 20 heavy (non-hydrogen) atoms. The third-order valence-electron chi connectivity index (χ3n) is 4.04. The fourth-order valence-electron chi connectivity index (χ4n) is 2.80. The Hall–Kier alpha value is -1.88. The van der Waals surface area contributed by atoms with Gasteiger partial charge in [0.15, 0.2) is 5.58 Å². The monoisotopic (exact) mass is 273 g/mol. The molecule has 5 nitrogen and oxygen atoms in total. The van der Waals surface area contributed by atoms with Crippen molar-refractivity contribution in [1.82, 2.24) is 15.6 Å². The van der Waals surface area contributed by atoms with Gasteiger partial charge in [-0.25, -0.2) is 4.98 Å². The van der Waals surface area contributed by atoms with Crippen LogP contribution in [0.4, 0.5) is 0 Å². The number of nitrogens with one attached hydrogen (secondary N) is 2. The van der Waals surface area contributed by atoms with Crippen LogP contribution >= 0.6 is 0 Å². The Morgan fingerprint density at radius 2 is 2.50 bits per heavy atom. The predicted molar refractivity (Wildman–Crippen MR) is 76.5 cm³/mol. The van der Waals surface area contributed by atoms with E-state index < -0.39 is 0 Å². The molecule has 2 aromatic rings. The van der Waals surface area contributed by atoms with Crippen LogP contribution in [-0.2, 0) is 0 Å². The lowest BCUT2D eigenvalue weighted by molar-refractivity contribution is 0.0905. The van der Waals surface area contributed by atoms with Crippen molar-refractivity contribution in [2.45, 2.75) is 25.8 Å². The molecule has 2 aromatic heterocycles. The number of aromatic nitrogens is 1. The molecule has 0 aromatic carbocycles. The van der Waals surface area contributed by atoms with Crippen LogP contribution in [-0.4, -0.2) is 30.0 Å². The van der Waals surface area contributed by atoms with Crippen molar-refractivity contribution in [3.8, 4) is 0 Å². The summed E-state index contributed by atoms with van der Waals surface area (Å²) < 4.78 is 5.23. The summed E-state index contributed by atoms with van der Waals surface area (Å²) >= 11 is 0. The molecular formula is C15H19N3O2. The quantitative estimate of drug-likeness (QED) is 0.897. The van der Waals surface area contributed by atoms with Gasteiger partial charge in [-0.3, -0.25) is 4.79 Å². The van der Waals surface area contributed by atoms with E-state index in [1.807, 2.05) is 6.07 Å². The molecule has 3 rings (SSSR count). The molecule has 1 aliphatic heterocycles. The minimum Gasteiger partial charge on any atom is -0.463 e. The van der Waals surface area contributed by atoms with E-state index in [9.17, 15) is 4.79 Å². The predicted octanol–water partition coefficient (Wildman–Crippen LogP) is 1.95. The summed E-state index contributed by atoms with van der Waals surface area (Å²) in [6, 6.07) is 3.79. The molecule has 1 saturated heterocycles. The minimum atomic E-state index is -0.111. The number of hydrogen-bond acceptors (Lipinski definition) is 4. The van der Waals surface area contributed by atoms with Crippen molar-refractivity contribution >= 4 is 16.9 Å². The molecule has 0 aliphatic carbocycles. The third kappa shape index (κ3) is 2.54. The zero-order valence-corrected chi connectivity index (χ0v) is 11.6. The van der Waals surface area contributed by atoms with Gasteiger partial charge in [0.2, 0.25) is 0 Å². The van der Waals surface area contributed by atoms with Crippen LogP contribution in [0.25, 0.3) is 11.0 Å². The van der Waals surface area contributed by atoms with Crippen molar-refractivity contribution in [2.24, 2.45) is 5.92 Å². The molecule has 1 amide bonds. The second-order valence-electron chi connectivity index (χ2n) is 5.27. The lowest BCUT2D eigenvalue weighted by Crippen LogP contribution is -2.51. The highest BCUT2D eigenvalue weighted by Crippen LogP contribution is 2.18. The summed E-state index contributed by atoms with van der Waals surface area (Å²) in [5.41, 5.74) is 1.15. The largest absolute Gasteiger partial charge is 0.463 e. The van der Waals surface area contributed by atoms with E-state index in [4.69, 9.17) is 4.42 Å². The van der Waals surface area contributed by atoms with Crippen LogP contribution in [0.15, 0.2) is 29.0 Å². The molecule has 2 unspecified atom stereocenters. The summed E-state index contributed by atoms with van der Waals surface area (Å²) in [7, 11) is 0. The number of fused-ring (bicyclic) bond motifs is 1. The van der Waals surface area contributed by atoms with Gasteiger partial charge in [0.25, 0.3) is 5.91 Å². The SMILES string of the molecule is CCC1CCNCC1NC(=O)c1cc2ccoc2cn1. The van der Waals surface area contributed by atoms with Gasteiger partial charge in [0.05, 0.1) is 12.5 Å². The molecule has 1 aliphatic rings. The maximum atomic E-state index is 12.3. The van der Waals surface area contributed by atoms with E-state index in [0.29, 0.717) is 17.2 Å². The topological polar surface area (TPSA) is 67.2 Å². The molecule has 106 valence electrons. The third-order valence-corrected chi connectivity index (χ3v) is 4.04. The number of piperidine rings is 1. The highest BCUT2D eigenvalue weighted by Gasteiger charge is 2.25. The Morgan fingerprint density at radius 3 is 3.35 bits per heavy atom. The van der Waals surface area contributed by atoms with Gasteiger partial charge in [-0.05, 0) is 31.0 Å². The average molecular weight is 273 g/mol. The maximum absolute atomic E-state index is 12.3. The Morgan fingerprint density at radius 1 is 1.60 bits per heavy atom. The number of amides is 1. The number of carbonyl (C=O) groups excluding carboxylic acids is 1. The van der Waals surface area contributed by atoms with Gasteiger partial charge in [-0.2, -0.15) is 0 Å². The summed E-state index contributed by atoms with van der Waals surface area (Å²) in [4.78, 5) is 16.5. The van der Waals surface area contributed by atoms with Crippen molar-refractivity contribution in [2.75, 3.05) is 13.1 Å². The first-order chi connectivity index (χ1) is 9.78. The molecule has 0 spiro atoms. The van der Waals surface area contributed by atoms with Gasteiger partial charge in [0, 0.05) is 18.0 Å². The first kappa shape index (κ1) is 13.1. The van der Waals surface area contributed by atoms with E-state index in [0.717, 1.165) is 31.3 Å². The molecule has 2 atom stereocenters. The Bertz CT molecular complexity index is 608. The van der Waals surface area contributed by atoms with Crippen LogP contribution < -0.4 is 10.6 Å². The van der Waals surface area contributed by atoms with E-state index in [1.165, 1.54) is 0 Å². The summed E-state index contributed by atoms with van der Waals surface area (Å²) in [5, 5.41) is 7.33. The molecule has 2 N–H and O–H groups in total. The van der Waals surface area contributed by atoms with Gasteiger partial charge in [0.1, 0.15) is 5.69 Å². The Labute approximate surface area is 117 Å². The van der Waals surface area contributed by atoms with Gasteiger partial charge < -0.3 is 15.1 Å². The molecule has 0 bridgehead atoms. The fraction of sp³-hybridized carbons (Fsp3) is 0.467. The minimum absolute atomic E-state index is 0.111. The van der Waals surface area contributed by atoms with Crippen molar-refractivity contribution in [3.63, 3.8) is 0 Å². The van der Waals surface area contributed by atoms with E-state index >= 15 is 0 Å². The van der Waals surface area contributed by atoms with Gasteiger partial charge >= 0.3 is 0 Å². The van der Waals surface area contributed by atoms with Crippen LogP contribution in [0.3, 0.4) is 0 Å². The number of furan rings is 1. The maximum Gasteiger partial charge on any atom is 0.270 e. The highest BCUT2D eigenvalue weighted by atomic mass is 16.3. The summed E-state index contributed by atoms with van der Waals surface area (Å²) in [5.74, 6) is 0.429. The van der Waals surface area contributed by atoms with E-state index in [2.05, 4.69) is 22.5 Å². The lowest BCUT2D eigenvalue weighted by atomic mass is 9.90. The number of carbonyl (C=O) groups is 1. The Kier molecular flexibility index (Phi) is 3.69. The summed E-state index contributed by atoms with van der Waals surface area (Å²) in [6.07, 6.45) is 5.39. The lowest BCUT2D eigenvalue weighted by Gasteiger charge is -2.32. The number of pyridine rings is 1. The molecular weight excluding hydrogens is 254 g/mol. The van der Waals surface area contributed by atoms with Gasteiger partial charge in [-0.1, -0.05) is 13.3 Å². The first-order valence-electron chi connectivity index (χ1n) is 7.12. The number of hydrogen-bond donors (Lipinski definition) is 2. The van der Waals surface area contributed by atoms with E-state index in [-0.39, 0.29) is 11.9 Å². The molecule has 0 radical (unpaired) electrons. The highest BCUT2D eigenvalue weighted by molar-refractivity contribution is 5.95. The second kappa shape index (κ2) is 5.63. The second-order valence-corrected chi connectivity index (χ2v) is 5.27. The van der Waals surface area contributed by atoms with Crippen molar-refractivity contribution in [1.29, 1.82) is 0 Å². The normalized spacial score (nSPS) is 22.9. The molecule has 1 fully saturated rings. The van der Waals surface area contributed by atoms with Crippen LogP contribution in [0.5, 0.6) is 0 Å². The van der Waals surface area contributed by atoms with Crippen LogP contribution in [0.2, 0.25) is 0 Å². The van der Waals surface area contributed by atoms with Crippen LogP contribution in [0.1, 0.15) is 30.3 Å². The zero-order valence-electron chi connectivity index (χ0n) is 11.6. The van der Waals surface area contributed by atoms with Crippen LogP contribution in [0, 0.1) is 5.92 Å². The standard InChI is InChI=1S/C15H19N3O2/c1-2-10-3-5-16-8-13(10)18-15(19)12-7-11-4-6-20-14(11)9-17-12/h4,6-7,9-10,13,16H,2-3,5,8H2,1H3,(H,18,19). The van der Waals surface area contributed by atoms with Crippen molar-refractivity contribution in [3.05, 3.63) is 30.3 Å². The smallest absolute Gasteiger partial charge is 0.270 e. The fourth-order valence-corrected chi connectivity index (χ4v) is 2.80. The van der Waals surface area contributed by atoms with Gasteiger partial charge in [-0.15, -0.1) is 0 Å². The zero-order chi connectivity index (χ0) is 13.9. The molecule has 5 heteroatoms. The first-order valence-corrected chi connectivity index (χ1v) is 7.12. The van der Waals surface area contributed by atoms with E-state index in [1.54, 1.807) is 18.5 Å². The summed E-state index contributed by atoms with van der Waals surface area (Å²) in [6.45, 7) is 4.03. The number of rotatable bonds is 3. The molecule has 0 saturated carbocycles.